The highest BCUT2D eigenvalue weighted by molar-refractivity contribution is 4.25. The van der Waals surface area contributed by atoms with E-state index >= 15 is 0 Å². The van der Waals surface area contributed by atoms with Crippen LogP contribution in [0.1, 0.15) is 13.3 Å². The number of hydroxylamine groups is 1. The van der Waals surface area contributed by atoms with E-state index in [9.17, 15) is 0 Å². The average molecular weight is 106 g/mol. The van der Waals surface area contributed by atoms with Crippen LogP contribution in [0.25, 0.3) is 0 Å². The third-order valence-electron chi connectivity index (χ3n) is 0.551. The first kappa shape index (κ1) is 6.84. The minimum absolute atomic E-state index is 0.427. The van der Waals surface area contributed by atoms with Crippen molar-refractivity contribution in [3.05, 3.63) is 0 Å². The standard InChI is InChI=1S/C3H10N2O2/c1-2-3-5(7)4-6/h4,6-7H,2-3H2,1H3. The van der Waals surface area contributed by atoms with Crippen LogP contribution in [0.15, 0.2) is 0 Å². The molecule has 0 aliphatic heterocycles. The van der Waals surface area contributed by atoms with Crippen LogP contribution in [0, 0.1) is 0 Å². The van der Waals surface area contributed by atoms with Gasteiger partial charge in [0.25, 0.3) is 0 Å². The lowest BCUT2D eigenvalue weighted by molar-refractivity contribution is -0.215. The fourth-order valence-electron chi connectivity index (χ4n) is 0.262. The fraction of sp³-hybridized carbons (Fsp3) is 1.00. The number of hydrazine groups is 1. The fourth-order valence-corrected chi connectivity index (χ4v) is 0.262. The highest BCUT2D eigenvalue weighted by Gasteiger charge is 1.89. The first-order valence-electron chi connectivity index (χ1n) is 2.17. The highest BCUT2D eigenvalue weighted by Crippen LogP contribution is 1.75. The molecule has 0 bridgehead atoms. The topological polar surface area (TPSA) is 55.7 Å². The van der Waals surface area contributed by atoms with Gasteiger partial charge in [-0.3, -0.25) is 10.4 Å². The summed E-state index contributed by atoms with van der Waals surface area (Å²) < 4.78 is 0. The summed E-state index contributed by atoms with van der Waals surface area (Å²) in [5.74, 6) is 0. The summed E-state index contributed by atoms with van der Waals surface area (Å²) in [5, 5.41) is 16.8. The van der Waals surface area contributed by atoms with Crippen molar-refractivity contribution in [1.82, 2.24) is 10.8 Å². The lowest BCUT2D eigenvalue weighted by atomic mass is 10.5. The molecule has 0 atom stereocenters. The van der Waals surface area contributed by atoms with Gasteiger partial charge in [-0.1, -0.05) is 6.92 Å². The van der Waals surface area contributed by atoms with Crippen LogP contribution in [0.5, 0.6) is 0 Å². The lowest BCUT2D eigenvalue weighted by Gasteiger charge is -2.07. The summed E-state index contributed by atoms with van der Waals surface area (Å²) in [7, 11) is 0. The Kier molecular flexibility index (Phi) is 3.92. The summed E-state index contributed by atoms with van der Waals surface area (Å²) in [6, 6.07) is 0. The minimum atomic E-state index is 0.427. The zero-order valence-electron chi connectivity index (χ0n) is 4.26. The molecular formula is C3H10N2O2. The Hall–Kier alpha value is -0.160. The van der Waals surface area contributed by atoms with Gasteiger partial charge in [-0.2, -0.15) is 0 Å². The molecule has 0 heterocycles. The molecule has 4 heteroatoms. The van der Waals surface area contributed by atoms with E-state index in [0.29, 0.717) is 11.7 Å². The Balaban J connectivity index is 2.83. The molecule has 0 aromatic carbocycles. The molecule has 0 rings (SSSR count). The molecule has 0 saturated carbocycles. The maximum Gasteiger partial charge on any atom is 0.0419 e. The summed E-state index contributed by atoms with van der Waals surface area (Å²) >= 11 is 0. The van der Waals surface area contributed by atoms with E-state index in [1.807, 2.05) is 6.92 Å². The quantitative estimate of drug-likeness (QED) is 0.442. The Morgan fingerprint density at radius 3 is 2.43 bits per heavy atom. The van der Waals surface area contributed by atoms with Gasteiger partial charge in [-0.05, 0) is 6.42 Å². The van der Waals surface area contributed by atoms with Gasteiger partial charge in [0.05, 0.1) is 0 Å². The van der Waals surface area contributed by atoms with Gasteiger partial charge in [0.1, 0.15) is 0 Å². The zero-order chi connectivity index (χ0) is 5.70. The summed E-state index contributed by atoms with van der Waals surface area (Å²) in [4.78, 5) is 0. The van der Waals surface area contributed by atoms with Crippen molar-refractivity contribution in [3.8, 4) is 0 Å². The molecule has 0 amide bonds. The van der Waals surface area contributed by atoms with E-state index in [0.717, 1.165) is 6.42 Å². The van der Waals surface area contributed by atoms with Crippen molar-refractivity contribution in [2.75, 3.05) is 6.54 Å². The van der Waals surface area contributed by atoms with E-state index in [1.165, 1.54) is 0 Å². The van der Waals surface area contributed by atoms with Gasteiger partial charge in [0.15, 0.2) is 0 Å². The molecule has 3 N–H and O–H groups in total. The summed E-state index contributed by atoms with van der Waals surface area (Å²) in [6.07, 6.45) is 0.796. The van der Waals surface area contributed by atoms with Crippen molar-refractivity contribution in [1.29, 1.82) is 0 Å². The predicted molar refractivity (Wildman–Crippen MR) is 23.7 cm³/mol. The molecule has 4 nitrogen and oxygen atoms in total. The molecule has 0 aromatic heterocycles. The summed E-state index contributed by atoms with van der Waals surface area (Å²) in [6.45, 7) is 2.32. The third kappa shape index (κ3) is 3.68. The second kappa shape index (κ2) is 4.01. The Morgan fingerprint density at radius 2 is 2.29 bits per heavy atom. The smallest absolute Gasteiger partial charge is 0.0419 e. The van der Waals surface area contributed by atoms with Crippen LogP contribution >= 0.6 is 0 Å². The first-order valence-corrected chi connectivity index (χ1v) is 2.17. The molecule has 0 unspecified atom stereocenters. The van der Waals surface area contributed by atoms with Crippen LogP contribution in [0.3, 0.4) is 0 Å². The van der Waals surface area contributed by atoms with Crippen molar-refractivity contribution in [3.63, 3.8) is 0 Å². The summed E-state index contributed by atoms with van der Waals surface area (Å²) in [5.41, 5.74) is 1.55. The molecular weight excluding hydrogens is 96.0 g/mol. The number of hydrogen-bond acceptors (Lipinski definition) is 4. The van der Waals surface area contributed by atoms with Gasteiger partial charge in [0, 0.05) is 6.54 Å². The number of nitrogens with one attached hydrogen (secondary N) is 1. The maximum absolute atomic E-state index is 8.33. The third-order valence-corrected chi connectivity index (χ3v) is 0.551. The van der Waals surface area contributed by atoms with Crippen molar-refractivity contribution < 1.29 is 10.4 Å². The molecule has 7 heavy (non-hydrogen) atoms. The molecule has 0 aromatic rings. The van der Waals surface area contributed by atoms with Crippen LogP contribution in [-0.4, -0.2) is 22.1 Å². The molecule has 0 radical (unpaired) electrons. The predicted octanol–water partition coefficient (Wildman–Crippen LogP) is -0.0186. The van der Waals surface area contributed by atoms with Crippen LogP contribution < -0.4 is 5.59 Å². The van der Waals surface area contributed by atoms with E-state index in [2.05, 4.69) is 0 Å². The highest BCUT2D eigenvalue weighted by atomic mass is 16.7. The zero-order valence-corrected chi connectivity index (χ0v) is 4.26. The van der Waals surface area contributed by atoms with Crippen LogP contribution in [0.2, 0.25) is 0 Å². The average Bonchev–Trinajstić information content (AvgIpc) is 1.68. The Bertz CT molecular complexity index is 41.9. The second-order valence-electron chi connectivity index (χ2n) is 1.22. The first-order chi connectivity index (χ1) is 3.31. The van der Waals surface area contributed by atoms with E-state index in [4.69, 9.17) is 10.4 Å². The van der Waals surface area contributed by atoms with Gasteiger partial charge in [-0.15, -0.1) is 10.8 Å². The van der Waals surface area contributed by atoms with E-state index < -0.39 is 0 Å². The molecule has 0 fully saturated rings. The van der Waals surface area contributed by atoms with Gasteiger partial charge < -0.3 is 0 Å². The van der Waals surface area contributed by atoms with Crippen LogP contribution in [-0.2, 0) is 0 Å². The normalized spacial score (nSPS) is 10.3. The van der Waals surface area contributed by atoms with Crippen LogP contribution in [0.4, 0.5) is 0 Å². The molecule has 0 spiro atoms. The van der Waals surface area contributed by atoms with Gasteiger partial charge >= 0.3 is 0 Å². The number of rotatable bonds is 3. The SMILES string of the molecule is CCCN(O)NO. The molecule has 0 saturated heterocycles. The number of nitrogens with zero attached hydrogens (tertiary/aromatic N) is 1. The van der Waals surface area contributed by atoms with E-state index in [1.54, 1.807) is 5.59 Å². The van der Waals surface area contributed by atoms with Gasteiger partial charge in [0.2, 0.25) is 0 Å². The Morgan fingerprint density at radius 1 is 1.71 bits per heavy atom. The minimum Gasteiger partial charge on any atom is -0.300 e. The Labute approximate surface area is 42.2 Å². The molecule has 0 aliphatic carbocycles. The van der Waals surface area contributed by atoms with Crippen molar-refractivity contribution in [2.24, 2.45) is 0 Å². The second-order valence-corrected chi connectivity index (χ2v) is 1.22. The van der Waals surface area contributed by atoms with E-state index in [-0.39, 0.29) is 0 Å². The largest absolute Gasteiger partial charge is 0.300 e. The monoisotopic (exact) mass is 106 g/mol. The number of hydrogen-bond donors (Lipinski definition) is 3. The van der Waals surface area contributed by atoms with Crippen molar-refractivity contribution in [2.45, 2.75) is 13.3 Å². The lowest BCUT2D eigenvalue weighted by Crippen LogP contribution is -2.32. The van der Waals surface area contributed by atoms with Crippen molar-refractivity contribution >= 4 is 0 Å². The maximum atomic E-state index is 8.33. The molecule has 44 valence electrons. The van der Waals surface area contributed by atoms with Gasteiger partial charge in [-0.25, -0.2) is 0 Å². The molecule has 0 aliphatic rings.